The van der Waals surface area contributed by atoms with E-state index >= 15 is 0 Å². The quantitative estimate of drug-likeness (QED) is 0.561. The number of benzene rings is 2. The van der Waals surface area contributed by atoms with Crippen LogP contribution < -0.4 is 5.32 Å². The van der Waals surface area contributed by atoms with Gasteiger partial charge >= 0.3 is 5.97 Å². The summed E-state index contributed by atoms with van der Waals surface area (Å²) in [6.45, 7) is 3.99. The van der Waals surface area contributed by atoms with E-state index in [0.717, 1.165) is 11.1 Å². The number of nitrogens with one attached hydrogen (secondary N) is 1. The van der Waals surface area contributed by atoms with Crippen molar-refractivity contribution in [1.29, 1.82) is 0 Å². The molecule has 0 aliphatic rings. The minimum Gasteiger partial charge on any atom is -0.466 e. The Morgan fingerprint density at radius 1 is 1.08 bits per heavy atom. The summed E-state index contributed by atoms with van der Waals surface area (Å²) in [5, 5.41) is 2.82. The molecule has 0 heterocycles. The predicted octanol–water partition coefficient (Wildman–Crippen LogP) is 3.60. The summed E-state index contributed by atoms with van der Waals surface area (Å²) in [6.07, 6.45) is 1.93. The van der Waals surface area contributed by atoms with Crippen molar-refractivity contribution in [1.82, 2.24) is 5.32 Å². The fourth-order valence-corrected chi connectivity index (χ4v) is 2.86. The van der Waals surface area contributed by atoms with Crippen LogP contribution in [0.4, 0.5) is 0 Å². The van der Waals surface area contributed by atoms with Crippen LogP contribution in [0, 0.1) is 5.92 Å². The molecule has 2 rings (SSSR count). The van der Waals surface area contributed by atoms with Gasteiger partial charge in [0.25, 0.3) is 0 Å². The van der Waals surface area contributed by atoms with Crippen LogP contribution >= 0.6 is 0 Å². The number of hydrogen-bond acceptors (Lipinski definition) is 3. The topological polar surface area (TPSA) is 55.4 Å². The maximum absolute atomic E-state index is 11.8. The maximum Gasteiger partial charge on any atom is 0.308 e. The van der Waals surface area contributed by atoms with Crippen molar-refractivity contribution in [3.63, 3.8) is 0 Å². The van der Waals surface area contributed by atoms with Gasteiger partial charge in [0.05, 0.1) is 12.5 Å². The fourth-order valence-electron chi connectivity index (χ4n) is 2.86. The molecule has 1 N–H and O–H groups in total. The van der Waals surface area contributed by atoms with E-state index in [1.807, 2.05) is 25.1 Å². The molecule has 0 aromatic heterocycles. The fraction of sp³-hybridized carbons (Fsp3) is 0.333. The van der Waals surface area contributed by atoms with Gasteiger partial charge in [-0.1, -0.05) is 61.5 Å². The molecule has 0 aliphatic heterocycles. The summed E-state index contributed by atoms with van der Waals surface area (Å²) in [5.74, 6) is -0.472. The second kappa shape index (κ2) is 9.62. The standard InChI is InChI=1S/C21H25NO3/c1-3-25-21(24)16(2)13-20(22-15-23)14-17-9-11-19(12-10-17)18-7-5-4-6-8-18/h4-12,15-16,20H,3,13-14H2,1-2H3,(H,22,23)/t16-,20?/m1/s1. The zero-order valence-corrected chi connectivity index (χ0v) is 14.8. The Morgan fingerprint density at radius 2 is 1.72 bits per heavy atom. The highest BCUT2D eigenvalue weighted by Crippen LogP contribution is 2.20. The maximum atomic E-state index is 11.8. The van der Waals surface area contributed by atoms with Gasteiger partial charge in [-0.25, -0.2) is 0 Å². The lowest BCUT2D eigenvalue weighted by atomic mass is 9.95. The number of carbonyl (C=O) groups is 2. The summed E-state index contributed by atoms with van der Waals surface area (Å²) >= 11 is 0. The van der Waals surface area contributed by atoms with Gasteiger partial charge in [-0.2, -0.15) is 0 Å². The van der Waals surface area contributed by atoms with E-state index in [1.165, 1.54) is 5.56 Å². The van der Waals surface area contributed by atoms with Crippen molar-refractivity contribution >= 4 is 12.4 Å². The second-order valence-electron chi connectivity index (χ2n) is 6.14. The Morgan fingerprint density at radius 3 is 2.32 bits per heavy atom. The number of esters is 1. The van der Waals surface area contributed by atoms with E-state index in [2.05, 4.69) is 41.7 Å². The normalized spacial score (nSPS) is 12.9. The van der Waals surface area contributed by atoms with Gasteiger partial charge in [0.2, 0.25) is 6.41 Å². The number of ether oxygens (including phenoxy) is 1. The van der Waals surface area contributed by atoms with Crippen LogP contribution in [0.2, 0.25) is 0 Å². The third-order valence-electron chi connectivity index (χ3n) is 4.17. The van der Waals surface area contributed by atoms with Crippen LogP contribution in [0.5, 0.6) is 0 Å². The first-order valence-electron chi connectivity index (χ1n) is 8.64. The van der Waals surface area contributed by atoms with Crippen LogP contribution in [0.25, 0.3) is 11.1 Å². The minimum absolute atomic E-state index is 0.0977. The van der Waals surface area contributed by atoms with E-state index in [4.69, 9.17) is 4.74 Å². The smallest absolute Gasteiger partial charge is 0.308 e. The number of rotatable bonds is 9. The first-order valence-corrected chi connectivity index (χ1v) is 8.64. The lowest BCUT2D eigenvalue weighted by molar-refractivity contribution is -0.147. The highest BCUT2D eigenvalue weighted by Gasteiger charge is 2.20. The molecular weight excluding hydrogens is 314 g/mol. The molecule has 0 saturated carbocycles. The predicted molar refractivity (Wildman–Crippen MR) is 99.0 cm³/mol. The molecule has 2 aromatic rings. The SMILES string of the molecule is CCOC(=O)[C@H](C)CC(Cc1ccc(-c2ccccc2)cc1)NC=O. The second-order valence-corrected chi connectivity index (χ2v) is 6.14. The molecular formula is C21H25NO3. The highest BCUT2D eigenvalue weighted by atomic mass is 16.5. The Kier molecular flexibility index (Phi) is 7.20. The average Bonchev–Trinajstić information content (AvgIpc) is 2.63. The van der Waals surface area contributed by atoms with Crippen LogP contribution in [0.3, 0.4) is 0 Å². The van der Waals surface area contributed by atoms with E-state index in [9.17, 15) is 9.59 Å². The summed E-state index contributed by atoms with van der Waals surface area (Å²) in [4.78, 5) is 22.7. The molecule has 4 heteroatoms. The molecule has 2 atom stereocenters. The Labute approximate surface area is 149 Å². The van der Waals surface area contributed by atoms with E-state index < -0.39 is 0 Å². The zero-order chi connectivity index (χ0) is 18.1. The van der Waals surface area contributed by atoms with E-state index in [1.54, 1.807) is 6.92 Å². The number of carbonyl (C=O) groups excluding carboxylic acids is 2. The van der Waals surface area contributed by atoms with Crippen molar-refractivity contribution < 1.29 is 14.3 Å². The zero-order valence-electron chi connectivity index (χ0n) is 14.8. The number of hydrogen-bond donors (Lipinski definition) is 1. The first kappa shape index (κ1) is 18.7. The largest absolute Gasteiger partial charge is 0.466 e. The molecule has 0 spiro atoms. The van der Waals surface area contributed by atoms with Crippen LogP contribution in [0.15, 0.2) is 54.6 Å². The molecule has 132 valence electrons. The minimum atomic E-state index is -0.249. The molecule has 4 nitrogen and oxygen atoms in total. The molecule has 0 radical (unpaired) electrons. The van der Waals surface area contributed by atoms with Crippen molar-refractivity contribution in [2.45, 2.75) is 32.7 Å². The van der Waals surface area contributed by atoms with Crippen LogP contribution in [0.1, 0.15) is 25.8 Å². The Hall–Kier alpha value is -2.62. The van der Waals surface area contributed by atoms with Gasteiger partial charge in [0.15, 0.2) is 0 Å². The van der Waals surface area contributed by atoms with Gasteiger partial charge in [-0.15, -0.1) is 0 Å². The lowest BCUT2D eigenvalue weighted by Gasteiger charge is -2.20. The molecule has 2 aromatic carbocycles. The molecule has 0 aliphatic carbocycles. The molecule has 1 unspecified atom stereocenters. The molecule has 0 bridgehead atoms. The van der Waals surface area contributed by atoms with Gasteiger partial charge in [-0.3, -0.25) is 9.59 Å². The molecule has 25 heavy (non-hydrogen) atoms. The Balaban J connectivity index is 2.01. The van der Waals surface area contributed by atoms with Crippen molar-refractivity contribution in [2.75, 3.05) is 6.61 Å². The van der Waals surface area contributed by atoms with E-state index in [0.29, 0.717) is 25.9 Å². The summed E-state index contributed by atoms with van der Waals surface area (Å²) < 4.78 is 5.04. The lowest BCUT2D eigenvalue weighted by Crippen LogP contribution is -2.33. The van der Waals surface area contributed by atoms with Crippen molar-refractivity contribution in [2.24, 2.45) is 5.92 Å². The monoisotopic (exact) mass is 339 g/mol. The Bertz CT molecular complexity index is 667. The highest BCUT2D eigenvalue weighted by molar-refractivity contribution is 5.72. The summed E-state index contributed by atoms with van der Waals surface area (Å²) in [6, 6.07) is 18.4. The van der Waals surface area contributed by atoms with Crippen LogP contribution in [-0.2, 0) is 20.7 Å². The first-order chi connectivity index (χ1) is 12.1. The summed E-state index contributed by atoms with van der Waals surface area (Å²) in [7, 11) is 0. The van der Waals surface area contributed by atoms with E-state index in [-0.39, 0.29) is 17.9 Å². The van der Waals surface area contributed by atoms with Gasteiger partial charge in [0.1, 0.15) is 0 Å². The molecule has 0 fully saturated rings. The summed E-state index contributed by atoms with van der Waals surface area (Å²) in [5.41, 5.74) is 3.45. The van der Waals surface area contributed by atoms with Gasteiger partial charge in [0, 0.05) is 6.04 Å². The third-order valence-corrected chi connectivity index (χ3v) is 4.17. The molecule has 1 amide bonds. The average molecular weight is 339 g/mol. The van der Waals surface area contributed by atoms with Gasteiger partial charge in [-0.05, 0) is 36.5 Å². The van der Waals surface area contributed by atoms with Crippen LogP contribution in [-0.4, -0.2) is 25.0 Å². The third kappa shape index (κ3) is 5.75. The number of amides is 1. The van der Waals surface area contributed by atoms with Gasteiger partial charge < -0.3 is 10.1 Å². The molecule has 0 saturated heterocycles. The van der Waals surface area contributed by atoms with Crippen molar-refractivity contribution in [3.8, 4) is 11.1 Å². The van der Waals surface area contributed by atoms with Crippen molar-refractivity contribution in [3.05, 3.63) is 60.2 Å².